The Hall–Kier alpha value is -1.97. The van der Waals surface area contributed by atoms with Gasteiger partial charge in [0.25, 0.3) is 5.69 Å². The van der Waals surface area contributed by atoms with Crippen LogP contribution in [0.5, 0.6) is 0 Å². The fourth-order valence-electron chi connectivity index (χ4n) is 1.45. The summed E-state index contributed by atoms with van der Waals surface area (Å²) in [6, 6.07) is 3.17. The molecule has 0 spiro atoms. The third-order valence-corrected chi connectivity index (χ3v) is 4.31. The summed E-state index contributed by atoms with van der Waals surface area (Å²) in [4.78, 5) is 16.2. The number of sulfonamides is 1. The topological polar surface area (TPSA) is 118 Å². The molecule has 1 aromatic heterocycles. The Bertz CT molecular complexity index is 730. The number of rotatable bonds is 5. The summed E-state index contributed by atoms with van der Waals surface area (Å²) < 4.78 is 26.4. The first kappa shape index (κ1) is 14.4. The zero-order valence-electron chi connectivity index (χ0n) is 9.91. The highest BCUT2D eigenvalue weighted by Crippen LogP contribution is 2.26. The molecule has 0 saturated carbocycles. The van der Waals surface area contributed by atoms with Gasteiger partial charge in [0, 0.05) is 24.0 Å². The monoisotopic (exact) mass is 316 g/mol. The lowest BCUT2D eigenvalue weighted by Crippen LogP contribution is -2.23. The van der Waals surface area contributed by atoms with Crippen molar-refractivity contribution in [2.45, 2.75) is 11.4 Å². The van der Waals surface area contributed by atoms with E-state index in [4.69, 9.17) is 11.6 Å². The molecule has 0 saturated heterocycles. The Morgan fingerprint density at radius 3 is 2.75 bits per heavy atom. The van der Waals surface area contributed by atoms with Gasteiger partial charge in [-0.3, -0.25) is 10.1 Å². The van der Waals surface area contributed by atoms with E-state index in [2.05, 4.69) is 14.7 Å². The molecule has 0 amide bonds. The summed E-state index contributed by atoms with van der Waals surface area (Å²) in [5.41, 5.74) is 0.300. The smallest absolute Gasteiger partial charge is 0.271 e. The van der Waals surface area contributed by atoms with E-state index in [9.17, 15) is 18.5 Å². The molecule has 0 bridgehead atoms. The fourth-order valence-corrected chi connectivity index (χ4v) is 3.00. The van der Waals surface area contributed by atoms with Crippen LogP contribution in [-0.2, 0) is 16.6 Å². The van der Waals surface area contributed by atoms with E-state index in [-0.39, 0.29) is 22.2 Å². The lowest BCUT2D eigenvalue weighted by molar-refractivity contribution is -0.384. The summed E-state index contributed by atoms with van der Waals surface area (Å²) >= 11 is 5.77. The molecular formula is C10H9ClN4O4S. The second kappa shape index (κ2) is 5.57. The molecular weight excluding hydrogens is 308 g/mol. The number of aromatic nitrogens is 2. The predicted molar refractivity (Wildman–Crippen MR) is 70.7 cm³/mol. The maximum Gasteiger partial charge on any atom is 0.271 e. The van der Waals surface area contributed by atoms with Gasteiger partial charge in [0.05, 0.1) is 22.8 Å². The van der Waals surface area contributed by atoms with Gasteiger partial charge < -0.3 is 4.98 Å². The average molecular weight is 317 g/mol. The van der Waals surface area contributed by atoms with E-state index in [0.717, 1.165) is 18.2 Å². The van der Waals surface area contributed by atoms with Crippen LogP contribution in [0.2, 0.25) is 5.02 Å². The molecule has 0 aliphatic carbocycles. The normalized spacial score (nSPS) is 11.4. The number of H-pyrrole nitrogens is 1. The van der Waals surface area contributed by atoms with Crippen LogP contribution in [0.1, 0.15) is 5.69 Å². The molecule has 8 nitrogen and oxygen atoms in total. The number of imidazole rings is 1. The molecule has 2 N–H and O–H groups in total. The molecule has 0 aliphatic rings. The second-order valence-corrected chi connectivity index (χ2v) is 5.92. The van der Waals surface area contributed by atoms with Gasteiger partial charge in [-0.1, -0.05) is 11.6 Å². The Morgan fingerprint density at radius 2 is 2.20 bits per heavy atom. The molecule has 0 atom stereocenters. The Morgan fingerprint density at radius 1 is 1.45 bits per heavy atom. The lowest BCUT2D eigenvalue weighted by Gasteiger charge is -2.07. The van der Waals surface area contributed by atoms with Crippen LogP contribution < -0.4 is 4.72 Å². The van der Waals surface area contributed by atoms with Crippen LogP contribution in [0, 0.1) is 10.1 Å². The molecule has 2 aromatic rings. The number of hydrogen-bond acceptors (Lipinski definition) is 5. The van der Waals surface area contributed by atoms with Crippen molar-refractivity contribution in [3.8, 4) is 0 Å². The maximum absolute atomic E-state index is 12.0. The van der Waals surface area contributed by atoms with E-state index in [1.807, 2.05) is 0 Å². The number of benzene rings is 1. The number of nitrogens with zero attached hydrogens (tertiary/aromatic N) is 2. The first-order valence-electron chi connectivity index (χ1n) is 5.31. The van der Waals surface area contributed by atoms with Crippen LogP contribution in [0.25, 0.3) is 0 Å². The number of non-ortho nitro benzene ring substituents is 1. The Balaban J connectivity index is 2.23. The quantitative estimate of drug-likeness (QED) is 0.639. The molecule has 10 heteroatoms. The van der Waals surface area contributed by atoms with E-state index in [1.165, 1.54) is 12.5 Å². The number of nitrogens with one attached hydrogen (secondary N) is 2. The minimum atomic E-state index is -3.86. The summed E-state index contributed by atoms with van der Waals surface area (Å²) in [7, 11) is -3.86. The molecule has 1 aromatic carbocycles. The minimum absolute atomic E-state index is 0.00957. The Kier molecular flexibility index (Phi) is 4.02. The van der Waals surface area contributed by atoms with Crippen molar-refractivity contribution in [3.63, 3.8) is 0 Å². The summed E-state index contributed by atoms with van der Waals surface area (Å²) in [6.45, 7) is 0.00957. The minimum Gasteiger partial charge on any atom is -0.347 e. The third kappa shape index (κ3) is 3.13. The van der Waals surface area contributed by atoms with E-state index >= 15 is 0 Å². The molecule has 0 unspecified atom stereocenters. The molecule has 2 rings (SSSR count). The van der Waals surface area contributed by atoms with Gasteiger partial charge in [-0.05, 0) is 6.07 Å². The van der Waals surface area contributed by atoms with Gasteiger partial charge >= 0.3 is 0 Å². The summed E-state index contributed by atoms with van der Waals surface area (Å²) in [5.74, 6) is 0. The number of nitro groups is 1. The highest BCUT2D eigenvalue weighted by atomic mass is 35.5. The number of nitro benzene ring substituents is 1. The predicted octanol–water partition coefficient (Wildman–Crippen LogP) is 1.45. The van der Waals surface area contributed by atoms with E-state index in [0.29, 0.717) is 5.69 Å². The van der Waals surface area contributed by atoms with Crippen LogP contribution in [0.3, 0.4) is 0 Å². The van der Waals surface area contributed by atoms with Crippen molar-refractivity contribution in [1.29, 1.82) is 0 Å². The largest absolute Gasteiger partial charge is 0.347 e. The van der Waals surface area contributed by atoms with Gasteiger partial charge in [-0.25, -0.2) is 18.1 Å². The van der Waals surface area contributed by atoms with Gasteiger partial charge in [-0.15, -0.1) is 0 Å². The molecule has 20 heavy (non-hydrogen) atoms. The highest BCUT2D eigenvalue weighted by Gasteiger charge is 2.20. The van der Waals surface area contributed by atoms with Gasteiger partial charge in [0.15, 0.2) is 0 Å². The molecule has 1 heterocycles. The molecule has 0 radical (unpaired) electrons. The van der Waals surface area contributed by atoms with E-state index in [1.54, 1.807) is 0 Å². The van der Waals surface area contributed by atoms with Crippen molar-refractivity contribution in [1.82, 2.24) is 14.7 Å². The van der Waals surface area contributed by atoms with Crippen LogP contribution >= 0.6 is 11.6 Å². The van der Waals surface area contributed by atoms with Gasteiger partial charge in [-0.2, -0.15) is 0 Å². The van der Waals surface area contributed by atoms with Gasteiger partial charge in [0.1, 0.15) is 4.90 Å². The zero-order valence-corrected chi connectivity index (χ0v) is 11.5. The standard InChI is InChI=1S/C10H9ClN4O4S/c11-9-3-8(15(16)17)1-2-10(9)20(18,19)14-5-7-4-12-6-13-7/h1-4,6,14H,5H2,(H,12,13). The van der Waals surface area contributed by atoms with Crippen LogP contribution in [-0.4, -0.2) is 23.3 Å². The molecule has 0 aliphatic heterocycles. The number of aromatic amines is 1. The molecule has 106 valence electrons. The Labute approximate surface area is 119 Å². The van der Waals surface area contributed by atoms with Crippen molar-refractivity contribution in [3.05, 3.63) is 51.6 Å². The van der Waals surface area contributed by atoms with Crippen LogP contribution in [0.15, 0.2) is 35.6 Å². The third-order valence-electron chi connectivity index (χ3n) is 2.42. The van der Waals surface area contributed by atoms with Crippen molar-refractivity contribution in [2.75, 3.05) is 0 Å². The zero-order chi connectivity index (χ0) is 14.8. The number of halogens is 1. The average Bonchev–Trinajstić information content (AvgIpc) is 2.89. The maximum atomic E-state index is 12.0. The van der Waals surface area contributed by atoms with Crippen molar-refractivity contribution in [2.24, 2.45) is 0 Å². The summed E-state index contributed by atoms with van der Waals surface area (Å²) in [6.07, 6.45) is 2.89. The highest BCUT2D eigenvalue weighted by molar-refractivity contribution is 7.89. The first-order valence-corrected chi connectivity index (χ1v) is 7.17. The first-order chi connectivity index (χ1) is 9.40. The number of hydrogen-bond donors (Lipinski definition) is 2. The summed E-state index contributed by atoms with van der Waals surface area (Å²) in [5, 5.41) is 10.4. The van der Waals surface area contributed by atoms with Crippen molar-refractivity contribution < 1.29 is 13.3 Å². The van der Waals surface area contributed by atoms with Crippen molar-refractivity contribution >= 4 is 27.3 Å². The molecule has 0 fully saturated rings. The SMILES string of the molecule is O=[N+]([O-])c1ccc(S(=O)(=O)NCc2cnc[nH]2)c(Cl)c1. The van der Waals surface area contributed by atoms with Gasteiger partial charge in [0.2, 0.25) is 10.0 Å². The fraction of sp³-hybridized carbons (Fsp3) is 0.100. The van der Waals surface area contributed by atoms with E-state index < -0.39 is 14.9 Å². The lowest BCUT2D eigenvalue weighted by atomic mass is 10.3. The van der Waals surface area contributed by atoms with Crippen LogP contribution in [0.4, 0.5) is 5.69 Å². The second-order valence-electron chi connectivity index (χ2n) is 3.77.